The Kier molecular flexibility index (Phi) is 3.63. The molecule has 0 unspecified atom stereocenters. The lowest BCUT2D eigenvalue weighted by atomic mass is 9.91. The lowest BCUT2D eigenvalue weighted by Gasteiger charge is -2.38. The summed E-state index contributed by atoms with van der Waals surface area (Å²) in [5.41, 5.74) is 6.41. The molecule has 0 aliphatic heterocycles. The fraction of sp³-hybridized carbons (Fsp3) is 0.636. The zero-order chi connectivity index (χ0) is 12.3. The largest absolute Gasteiger partial charge is 0.479 e. The van der Waals surface area contributed by atoms with Crippen molar-refractivity contribution in [2.75, 3.05) is 30.9 Å². The molecule has 0 aromatic carbocycles. The van der Waals surface area contributed by atoms with Crippen LogP contribution in [0, 0.1) is 0 Å². The van der Waals surface area contributed by atoms with Crippen LogP contribution in [0.2, 0.25) is 0 Å². The normalized spacial score (nSPS) is 15.4. The molecule has 94 valence electrons. The minimum Gasteiger partial charge on any atom is -0.479 e. The number of hydrogen-bond donors (Lipinski definition) is 2. The van der Waals surface area contributed by atoms with Crippen molar-refractivity contribution in [1.29, 1.82) is 0 Å². The number of nitrogens with zero attached hydrogens (tertiary/aromatic N) is 3. The topological polar surface area (TPSA) is 84.5 Å². The maximum atomic E-state index is 9.13. The maximum absolute atomic E-state index is 9.13. The number of aromatic nitrogens is 2. The first-order chi connectivity index (χ1) is 8.27. The van der Waals surface area contributed by atoms with E-state index in [1.54, 1.807) is 0 Å². The number of ether oxygens (including phenoxy) is 1. The Morgan fingerprint density at radius 3 is 2.82 bits per heavy atom. The summed E-state index contributed by atoms with van der Waals surface area (Å²) in [6.45, 7) is 0.622. The summed E-state index contributed by atoms with van der Waals surface area (Å²) < 4.78 is 5.08. The summed E-state index contributed by atoms with van der Waals surface area (Å²) in [5.74, 6) is 1.05. The average Bonchev–Trinajstić information content (AvgIpc) is 2.26. The van der Waals surface area contributed by atoms with Crippen molar-refractivity contribution in [3.63, 3.8) is 0 Å². The minimum absolute atomic E-state index is 0.0856. The SMILES string of the molecule is COc1ncnc(N(CCO)C2CCC2)c1N. The summed E-state index contributed by atoms with van der Waals surface area (Å²) in [7, 11) is 1.53. The van der Waals surface area contributed by atoms with Crippen LogP contribution in [0.1, 0.15) is 19.3 Å². The second-order valence-corrected chi connectivity index (χ2v) is 4.12. The molecule has 1 aromatic rings. The molecule has 0 saturated heterocycles. The zero-order valence-electron chi connectivity index (χ0n) is 9.96. The Balaban J connectivity index is 2.28. The van der Waals surface area contributed by atoms with Crippen LogP contribution in [0.15, 0.2) is 6.33 Å². The second-order valence-electron chi connectivity index (χ2n) is 4.12. The molecule has 1 aliphatic rings. The Morgan fingerprint density at radius 1 is 1.53 bits per heavy atom. The molecule has 6 nitrogen and oxygen atoms in total. The van der Waals surface area contributed by atoms with Crippen LogP contribution in [-0.2, 0) is 0 Å². The van der Waals surface area contributed by atoms with Crippen molar-refractivity contribution in [1.82, 2.24) is 9.97 Å². The number of aliphatic hydroxyl groups excluding tert-OH is 1. The second kappa shape index (κ2) is 5.18. The third kappa shape index (κ3) is 2.26. The van der Waals surface area contributed by atoms with Gasteiger partial charge in [0.25, 0.3) is 0 Å². The number of rotatable bonds is 5. The van der Waals surface area contributed by atoms with Gasteiger partial charge < -0.3 is 20.5 Å². The van der Waals surface area contributed by atoms with Crippen molar-refractivity contribution in [3.8, 4) is 5.88 Å². The molecule has 1 aliphatic carbocycles. The predicted octanol–water partition coefficient (Wildman–Crippen LogP) is 0.419. The molecule has 1 fully saturated rings. The van der Waals surface area contributed by atoms with Gasteiger partial charge >= 0.3 is 0 Å². The Hall–Kier alpha value is -1.56. The average molecular weight is 238 g/mol. The molecule has 6 heteroatoms. The maximum Gasteiger partial charge on any atom is 0.242 e. The summed E-state index contributed by atoms with van der Waals surface area (Å²) in [5, 5.41) is 9.13. The van der Waals surface area contributed by atoms with Crippen molar-refractivity contribution >= 4 is 11.5 Å². The highest BCUT2D eigenvalue weighted by atomic mass is 16.5. The molecular weight excluding hydrogens is 220 g/mol. The summed E-state index contributed by atoms with van der Waals surface area (Å²) in [6.07, 6.45) is 4.89. The van der Waals surface area contributed by atoms with Crippen LogP contribution < -0.4 is 15.4 Å². The number of aliphatic hydroxyl groups is 1. The third-order valence-corrected chi connectivity index (χ3v) is 3.15. The molecule has 0 atom stereocenters. The summed E-state index contributed by atoms with van der Waals surface area (Å²) in [4.78, 5) is 10.2. The van der Waals surface area contributed by atoms with Gasteiger partial charge in [-0.25, -0.2) is 4.98 Å². The van der Waals surface area contributed by atoms with Gasteiger partial charge in [0.05, 0.1) is 13.7 Å². The summed E-state index contributed by atoms with van der Waals surface area (Å²) >= 11 is 0. The summed E-state index contributed by atoms with van der Waals surface area (Å²) in [6, 6.07) is 0.420. The molecule has 0 amide bonds. The van der Waals surface area contributed by atoms with Crippen molar-refractivity contribution in [3.05, 3.63) is 6.33 Å². The lowest BCUT2D eigenvalue weighted by Crippen LogP contribution is -2.42. The van der Waals surface area contributed by atoms with Gasteiger partial charge in [-0.3, -0.25) is 0 Å². The van der Waals surface area contributed by atoms with Gasteiger partial charge in [-0.15, -0.1) is 0 Å². The number of methoxy groups -OCH3 is 1. The zero-order valence-corrected chi connectivity index (χ0v) is 9.96. The van der Waals surface area contributed by atoms with Gasteiger partial charge in [-0.05, 0) is 19.3 Å². The van der Waals surface area contributed by atoms with Crippen molar-refractivity contribution in [2.24, 2.45) is 0 Å². The van der Waals surface area contributed by atoms with Gasteiger partial charge in [0.15, 0.2) is 5.82 Å². The minimum atomic E-state index is 0.0856. The van der Waals surface area contributed by atoms with E-state index in [0.717, 1.165) is 12.8 Å². The molecular formula is C11H18N4O2. The Morgan fingerprint density at radius 2 is 2.29 bits per heavy atom. The Bertz CT molecular complexity index is 382. The molecule has 2 rings (SSSR count). The lowest BCUT2D eigenvalue weighted by molar-refractivity contribution is 0.283. The van der Waals surface area contributed by atoms with Gasteiger partial charge in [0.1, 0.15) is 12.0 Å². The monoisotopic (exact) mass is 238 g/mol. The third-order valence-electron chi connectivity index (χ3n) is 3.15. The quantitative estimate of drug-likeness (QED) is 0.773. The van der Waals surface area contributed by atoms with E-state index in [-0.39, 0.29) is 6.61 Å². The number of nitrogens with two attached hydrogens (primary N) is 1. The molecule has 17 heavy (non-hydrogen) atoms. The van der Waals surface area contributed by atoms with Crippen molar-refractivity contribution in [2.45, 2.75) is 25.3 Å². The van der Waals surface area contributed by atoms with E-state index in [2.05, 4.69) is 9.97 Å². The predicted molar refractivity (Wildman–Crippen MR) is 65.1 cm³/mol. The number of hydrogen-bond acceptors (Lipinski definition) is 6. The van der Waals surface area contributed by atoms with E-state index >= 15 is 0 Å². The van der Waals surface area contributed by atoms with Gasteiger partial charge in [0.2, 0.25) is 5.88 Å². The van der Waals surface area contributed by atoms with Gasteiger partial charge in [0, 0.05) is 12.6 Å². The fourth-order valence-electron chi connectivity index (χ4n) is 2.03. The van der Waals surface area contributed by atoms with Gasteiger partial charge in [-0.1, -0.05) is 0 Å². The molecule has 1 saturated carbocycles. The fourth-order valence-corrected chi connectivity index (χ4v) is 2.03. The van der Waals surface area contributed by atoms with E-state index in [9.17, 15) is 0 Å². The highest BCUT2D eigenvalue weighted by molar-refractivity contribution is 5.68. The van der Waals surface area contributed by atoms with E-state index in [1.165, 1.54) is 19.9 Å². The first-order valence-electron chi connectivity index (χ1n) is 5.80. The van der Waals surface area contributed by atoms with Crippen LogP contribution in [0.3, 0.4) is 0 Å². The van der Waals surface area contributed by atoms with Crippen LogP contribution in [0.4, 0.5) is 11.5 Å². The Labute approximate surface area is 100 Å². The standard InChI is InChI=1S/C11H18N4O2/c1-17-11-9(12)10(13-7-14-11)15(5-6-16)8-3-2-4-8/h7-8,16H,2-6,12H2,1H3. The van der Waals surface area contributed by atoms with Crippen LogP contribution >= 0.6 is 0 Å². The van der Waals surface area contributed by atoms with Crippen LogP contribution in [0.25, 0.3) is 0 Å². The van der Waals surface area contributed by atoms with E-state index < -0.39 is 0 Å². The highest BCUT2D eigenvalue weighted by Gasteiger charge is 2.27. The first-order valence-corrected chi connectivity index (χ1v) is 5.80. The van der Waals surface area contributed by atoms with E-state index in [4.69, 9.17) is 15.6 Å². The molecule has 1 aromatic heterocycles. The molecule has 1 heterocycles. The van der Waals surface area contributed by atoms with Crippen LogP contribution in [0.5, 0.6) is 5.88 Å². The van der Waals surface area contributed by atoms with E-state index in [1.807, 2.05) is 4.90 Å². The van der Waals surface area contributed by atoms with E-state index in [0.29, 0.717) is 30.0 Å². The number of nitrogen functional groups attached to an aromatic ring is 1. The molecule has 3 N–H and O–H groups in total. The molecule has 0 spiro atoms. The van der Waals surface area contributed by atoms with Crippen molar-refractivity contribution < 1.29 is 9.84 Å². The molecule has 0 bridgehead atoms. The van der Waals surface area contributed by atoms with Crippen LogP contribution in [-0.4, -0.2) is 41.4 Å². The first kappa shape index (κ1) is 11.9. The van der Waals surface area contributed by atoms with Gasteiger partial charge in [-0.2, -0.15) is 4.98 Å². The smallest absolute Gasteiger partial charge is 0.242 e. The molecule has 0 radical (unpaired) electrons. The highest BCUT2D eigenvalue weighted by Crippen LogP contribution is 2.33. The number of anilines is 2.